The highest BCUT2D eigenvalue weighted by Crippen LogP contribution is 2.10. The van der Waals surface area contributed by atoms with Gasteiger partial charge in [-0.25, -0.2) is 4.98 Å². The summed E-state index contributed by atoms with van der Waals surface area (Å²) in [6, 6.07) is 9.60. The predicted molar refractivity (Wildman–Crippen MR) is 71.6 cm³/mol. The molecule has 3 N–H and O–H groups in total. The zero-order chi connectivity index (χ0) is 13.0. The first-order valence-electron chi connectivity index (χ1n) is 6.02. The molecule has 1 heterocycles. The van der Waals surface area contributed by atoms with E-state index in [0.29, 0.717) is 25.2 Å². The standard InChI is InChI=1S/C14H17N3O/c1-10-4-2-3-5-11(10)8-13-16-12(6-7-15)9-14(18)17-13/h2-5,9H,6-8,15H2,1H3,(H,16,17,18). The zero-order valence-electron chi connectivity index (χ0n) is 10.4. The second-order valence-corrected chi connectivity index (χ2v) is 4.33. The third kappa shape index (κ3) is 3.05. The van der Waals surface area contributed by atoms with Gasteiger partial charge in [0.1, 0.15) is 5.82 Å². The van der Waals surface area contributed by atoms with E-state index in [1.165, 1.54) is 17.2 Å². The Kier molecular flexibility index (Phi) is 3.89. The molecule has 0 saturated heterocycles. The lowest BCUT2D eigenvalue weighted by molar-refractivity contribution is 0.852. The minimum absolute atomic E-state index is 0.114. The Bertz CT molecular complexity index is 590. The van der Waals surface area contributed by atoms with Crippen LogP contribution in [-0.2, 0) is 12.8 Å². The number of nitrogens with zero attached hydrogens (tertiary/aromatic N) is 1. The highest BCUT2D eigenvalue weighted by atomic mass is 16.1. The molecule has 0 unspecified atom stereocenters. The number of rotatable bonds is 4. The van der Waals surface area contributed by atoms with E-state index in [0.717, 1.165) is 5.69 Å². The summed E-state index contributed by atoms with van der Waals surface area (Å²) < 4.78 is 0. The van der Waals surface area contributed by atoms with Crippen molar-refractivity contribution in [2.75, 3.05) is 6.54 Å². The van der Waals surface area contributed by atoms with Crippen molar-refractivity contribution in [1.29, 1.82) is 0 Å². The number of hydrogen-bond acceptors (Lipinski definition) is 3. The summed E-state index contributed by atoms with van der Waals surface area (Å²) in [5.74, 6) is 0.695. The maximum atomic E-state index is 11.5. The van der Waals surface area contributed by atoms with E-state index in [4.69, 9.17) is 5.73 Å². The van der Waals surface area contributed by atoms with Gasteiger partial charge in [0.05, 0.1) is 0 Å². The fourth-order valence-corrected chi connectivity index (χ4v) is 1.91. The number of hydrogen-bond donors (Lipinski definition) is 2. The maximum absolute atomic E-state index is 11.5. The first-order valence-corrected chi connectivity index (χ1v) is 6.02. The summed E-state index contributed by atoms with van der Waals surface area (Å²) in [6.45, 7) is 2.55. The topological polar surface area (TPSA) is 71.8 Å². The number of aromatic amines is 1. The first kappa shape index (κ1) is 12.5. The summed E-state index contributed by atoms with van der Waals surface area (Å²) in [7, 11) is 0. The van der Waals surface area contributed by atoms with Gasteiger partial charge in [0.15, 0.2) is 0 Å². The van der Waals surface area contributed by atoms with Crippen molar-refractivity contribution >= 4 is 0 Å². The van der Waals surface area contributed by atoms with E-state index < -0.39 is 0 Å². The monoisotopic (exact) mass is 243 g/mol. The number of nitrogens with two attached hydrogens (primary N) is 1. The fourth-order valence-electron chi connectivity index (χ4n) is 1.91. The minimum Gasteiger partial charge on any atom is -0.330 e. The average Bonchev–Trinajstić information content (AvgIpc) is 2.32. The molecular weight excluding hydrogens is 226 g/mol. The Hall–Kier alpha value is -1.94. The summed E-state index contributed by atoms with van der Waals surface area (Å²) in [6.07, 6.45) is 1.27. The van der Waals surface area contributed by atoms with Gasteiger partial charge in [0.25, 0.3) is 5.56 Å². The van der Waals surface area contributed by atoms with Crippen LogP contribution in [0.1, 0.15) is 22.6 Å². The van der Waals surface area contributed by atoms with Crippen LogP contribution in [0.15, 0.2) is 35.1 Å². The number of aromatic nitrogens is 2. The quantitative estimate of drug-likeness (QED) is 0.846. The van der Waals surface area contributed by atoms with E-state index in [-0.39, 0.29) is 5.56 Å². The first-order chi connectivity index (χ1) is 8.69. The second kappa shape index (κ2) is 5.60. The zero-order valence-corrected chi connectivity index (χ0v) is 10.4. The van der Waals surface area contributed by atoms with Crippen LogP contribution in [0.2, 0.25) is 0 Å². The SMILES string of the molecule is Cc1ccccc1Cc1nc(CCN)cc(=O)[nH]1. The molecule has 0 bridgehead atoms. The van der Waals surface area contributed by atoms with Crippen molar-refractivity contribution in [1.82, 2.24) is 9.97 Å². The van der Waals surface area contributed by atoms with Crippen LogP contribution in [0, 0.1) is 6.92 Å². The molecule has 0 amide bonds. The third-order valence-corrected chi connectivity index (χ3v) is 2.86. The van der Waals surface area contributed by atoms with Gasteiger partial charge in [-0.15, -0.1) is 0 Å². The molecule has 2 aromatic rings. The molecule has 1 aromatic carbocycles. The van der Waals surface area contributed by atoms with Crippen LogP contribution < -0.4 is 11.3 Å². The molecule has 0 radical (unpaired) electrons. The van der Waals surface area contributed by atoms with Crippen LogP contribution in [0.3, 0.4) is 0 Å². The molecule has 0 aliphatic carbocycles. The van der Waals surface area contributed by atoms with Crippen LogP contribution >= 0.6 is 0 Å². The molecule has 0 saturated carbocycles. The van der Waals surface area contributed by atoms with Crippen molar-refractivity contribution in [3.63, 3.8) is 0 Å². The lowest BCUT2D eigenvalue weighted by Gasteiger charge is -2.06. The minimum atomic E-state index is -0.114. The van der Waals surface area contributed by atoms with E-state index in [1.54, 1.807) is 0 Å². The highest BCUT2D eigenvalue weighted by Gasteiger charge is 2.04. The van der Waals surface area contributed by atoms with Gasteiger partial charge >= 0.3 is 0 Å². The van der Waals surface area contributed by atoms with Gasteiger partial charge in [-0.2, -0.15) is 0 Å². The largest absolute Gasteiger partial charge is 0.330 e. The Morgan fingerprint density at radius 2 is 2.11 bits per heavy atom. The fraction of sp³-hybridized carbons (Fsp3) is 0.286. The van der Waals surface area contributed by atoms with Gasteiger partial charge in [0.2, 0.25) is 0 Å². The summed E-state index contributed by atoms with van der Waals surface area (Å²) >= 11 is 0. The Labute approximate surface area is 106 Å². The van der Waals surface area contributed by atoms with Gasteiger partial charge in [0, 0.05) is 24.6 Å². The maximum Gasteiger partial charge on any atom is 0.251 e. The smallest absolute Gasteiger partial charge is 0.251 e. The van der Waals surface area contributed by atoms with Crippen LogP contribution in [-0.4, -0.2) is 16.5 Å². The van der Waals surface area contributed by atoms with Crippen molar-refractivity contribution in [2.24, 2.45) is 5.73 Å². The van der Waals surface area contributed by atoms with Gasteiger partial charge < -0.3 is 10.7 Å². The van der Waals surface area contributed by atoms with Crippen LogP contribution in [0.5, 0.6) is 0 Å². The van der Waals surface area contributed by atoms with Crippen molar-refractivity contribution in [3.8, 4) is 0 Å². The molecule has 1 aromatic heterocycles. The molecule has 94 valence electrons. The lowest BCUT2D eigenvalue weighted by atomic mass is 10.1. The van der Waals surface area contributed by atoms with E-state index >= 15 is 0 Å². The van der Waals surface area contributed by atoms with Crippen LogP contribution in [0.4, 0.5) is 0 Å². The summed E-state index contributed by atoms with van der Waals surface area (Å²) in [5.41, 5.74) is 8.50. The molecular formula is C14H17N3O. The number of nitrogens with one attached hydrogen (secondary N) is 1. The van der Waals surface area contributed by atoms with Gasteiger partial charge in [-0.1, -0.05) is 24.3 Å². The van der Waals surface area contributed by atoms with E-state index in [1.807, 2.05) is 18.2 Å². The third-order valence-electron chi connectivity index (χ3n) is 2.86. The van der Waals surface area contributed by atoms with Crippen molar-refractivity contribution < 1.29 is 0 Å². The Balaban J connectivity index is 2.29. The molecule has 4 nitrogen and oxygen atoms in total. The average molecular weight is 243 g/mol. The molecule has 0 aliphatic rings. The normalized spacial score (nSPS) is 10.6. The number of H-pyrrole nitrogens is 1. The van der Waals surface area contributed by atoms with Crippen molar-refractivity contribution in [3.05, 3.63) is 63.3 Å². The molecule has 0 spiro atoms. The second-order valence-electron chi connectivity index (χ2n) is 4.33. The van der Waals surface area contributed by atoms with Crippen molar-refractivity contribution in [2.45, 2.75) is 19.8 Å². The van der Waals surface area contributed by atoms with E-state index in [9.17, 15) is 4.79 Å². The van der Waals surface area contributed by atoms with Crippen LogP contribution in [0.25, 0.3) is 0 Å². The van der Waals surface area contributed by atoms with Gasteiger partial charge in [-0.05, 0) is 24.6 Å². The Morgan fingerprint density at radius 1 is 1.33 bits per heavy atom. The van der Waals surface area contributed by atoms with Gasteiger partial charge in [-0.3, -0.25) is 4.79 Å². The number of benzene rings is 1. The molecule has 0 fully saturated rings. The Morgan fingerprint density at radius 3 is 2.83 bits per heavy atom. The highest BCUT2D eigenvalue weighted by molar-refractivity contribution is 5.28. The number of aryl methyl sites for hydroxylation is 1. The molecule has 0 aliphatic heterocycles. The summed E-state index contributed by atoms with van der Waals surface area (Å²) in [5, 5.41) is 0. The molecule has 0 atom stereocenters. The molecule has 4 heteroatoms. The summed E-state index contributed by atoms with van der Waals surface area (Å²) in [4.78, 5) is 18.7. The molecule has 18 heavy (non-hydrogen) atoms. The lowest BCUT2D eigenvalue weighted by Crippen LogP contribution is -2.15. The van der Waals surface area contributed by atoms with E-state index in [2.05, 4.69) is 23.0 Å². The molecule has 2 rings (SSSR count). The predicted octanol–water partition coefficient (Wildman–Crippen LogP) is 1.17.